The van der Waals surface area contributed by atoms with E-state index in [1.54, 1.807) is 24.3 Å². The first kappa shape index (κ1) is 21.1. The fraction of sp³-hybridized carbons (Fsp3) is 0.208. The highest BCUT2D eigenvalue weighted by atomic mass is 32.2. The summed E-state index contributed by atoms with van der Waals surface area (Å²) in [6, 6.07) is 25.8. The average molecular weight is 437 g/mol. The van der Waals surface area contributed by atoms with Crippen molar-refractivity contribution in [2.45, 2.75) is 17.9 Å². The standard InChI is InChI=1S/C24H24N2O4S/c27-24-26(17-18-30-24)22-11-13-23(14-12-22)31(28,29)25(19-21-9-5-2-6-10-21)16-15-20-7-3-1-4-8-20/h1-14H,15-19H2. The zero-order valence-corrected chi connectivity index (χ0v) is 17.9. The average Bonchev–Trinajstić information content (AvgIpc) is 3.24. The Bertz CT molecular complexity index is 1120. The molecule has 0 saturated carbocycles. The Morgan fingerprint density at radius 2 is 1.45 bits per heavy atom. The summed E-state index contributed by atoms with van der Waals surface area (Å²) in [6.45, 7) is 1.45. The Kier molecular flexibility index (Phi) is 6.34. The second kappa shape index (κ2) is 9.32. The molecule has 3 aromatic carbocycles. The highest BCUT2D eigenvalue weighted by molar-refractivity contribution is 7.89. The molecule has 1 heterocycles. The van der Waals surface area contributed by atoms with Gasteiger partial charge in [-0.15, -0.1) is 0 Å². The van der Waals surface area contributed by atoms with Gasteiger partial charge in [0.15, 0.2) is 0 Å². The van der Waals surface area contributed by atoms with Gasteiger partial charge in [-0.05, 0) is 41.8 Å². The van der Waals surface area contributed by atoms with E-state index in [0.717, 1.165) is 11.1 Å². The third kappa shape index (κ3) is 4.95. The van der Waals surface area contributed by atoms with E-state index in [4.69, 9.17) is 4.74 Å². The van der Waals surface area contributed by atoms with E-state index in [1.165, 1.54) is 9.21 Å². The van der Waals surface area contributed by atoms with Gasteiger partial charge in [-0.25, -0.2) is 13.2 Å². The Labute approximate surface area is 182 Å². The maximum absolute atomic E-state index is 13.5. The van der Waals surface area contributed by atoms with Crippen LogP contribution >= 0.6 is 0 Å². The van der Waals surface area contributed by atoms with E-state index in [2.05, 4.69) is 0 Å². The minimum Gasteiger partial charge on any atom is -0.447 e. The number of ether oxygens (including phenoxy) is 1. The van der Waals surface area contributed by atoms with Crippen LogP contribution in [0.15, 0.2) is 89.8 Å². The van der Waals surface area contributed by atoms with Crippen molar-refractivity contribution in [2.75, 3.05) is 24.6 Å². The number of cyclic esters (lactones) is 1. The molecule has 1 aliphatic heterocycles. The quantitative estimate of drug-likeness (QED) is 0.534. The molecule has 0 bridgehead atoms. The van der Waals surface area contributed by atoms with Crippen molar-refractivity contribution in [3.63, 3.8) is 0 Å². The highest BCUT2D eigenvalue weighted by Gasteiger charge is 2.27. The minimum absolute atomic E-state index is 0.202. The van der Waals surface area contributed by atoms with Crippen molar-refractivity contribution in [1.82, 2.24) is 4.31 Å². The topological polar surface area (TPSA) is 66.9 Å². The van der Waals surface area contributed by atoms with Gasteiger partial charge in [0.2, 0.25) is 10.0 Å². The second-order valence-electron chi connectivity index (χ2n) is 7.32. The van der Waals surface area contributed by atoms with Gasteiger partial charge in [0.05, 0.1) is 11.4 Å². The number of sulfonamides is 1. The van der Waals surface area contributed by atoms with Gasteiger partial charge in [-0.3, -0.25) is 4.90 Å². The Morgan fingerprint density at radius 1 is 0.839 bits per heavy atom. The molecule has 160 valence electrons. The van der Waals surface area contributed by atoms with Crippen LogP contribution in [-0.4, -0.2) is 38.5 Å². The molecule has 1 fully saturated rings. The number of carbonyl (C=O) groups is 1. The Hall–Kier alpha value is -3.16. The molecule has 0 unspecified atom stereocenters. The first-order chi connectivity index (χ1) is 15.0. The molecular weight excluding hydrogens is 412 g/mol. The normalized spacial score (nSPS) is 14.1. The predicted molar refractivity (Wildman–Crippen MR) is 119 cm³/mol. The molecule has 0 aliphatic carbocycles. The van der Waals surface area contributed by atoms with Crippen LogP contribution in [-0.2, 0) is 27.7 Å². The lowest BCUT2D eigenvalue weighted by molar-refractivity contribution is 0.181. The molecule has 6 nitrogen and oxygen atoms in total. The summed E-state index contributed by atoms with van der Waals surface area (Å²) in [5.74, 6) is 0. The van der Waals surface area contributed by atoms with Gasteiger partial charge in [0.1, 0.15) is 6.61 Å². The van der Waals surface area contributed by atoms with E-state index in [1.807, 2.05) is 60.7 Å². The van der Waals surface area contributed by atoms with Crippen LogP contribution in [0.4, 0.5) is 10.5 Å². The highest BCUT2D eigenvalue weighted by Crippen LogP contribution is 2.24. The smallest absolute Gasteiger partial charge is 0.414 e. The van der Waals surface area contributed by atoms with E-state index in [-0.39, 0.29) is 11.4 Å². The number of hydrogen-bond donors (Lipinski definition) is 0. The molecule has 1 amide bonds. The summed E-state index contributed by atoms with van der Waals surface area (Å²) < 4.78 is 33.4. The van der Waals surface area contributed by atoms with Crippen LogP contribution in [0.25, 0.3) is 0 Å². The monoisotopic (exact) mass is 436 g/mol. The van der Waals surface area contributed by atoms with E-state index in [0.29, 0.717) is 31.8 Å². The summed E-state index contributed by atoms with van der Waals surface area (Å²) in [5.41, 5.74) is 2.63. The van der Waals surface area contributed by atoms with Crippen molar-refractivity contribution in [3.8, 4) is 0 Å². The molecule has 7 heteroatoms. The van der Waals surface area contributed by atoms with E-state index in [9.17, 15) is 13.2 Å². The van der Waals surface area contributed by atoms with Crippen LogP contribution in [0.1, 0.15) is 11.1 Å². The lowest BCUT2D eigenvalue weighted by Gasteiger charge is -2.23. The molecule has 0 radical (unpaired) electrons. The maximum Gasteiger partial charge on any atom is 0.414 e. The lowest BCUT2D eigenvalue weighted by atomic mass is 10.1. The number of anilines is 1. The van der Waals surface area contributed by atoms with Crippen LogP contribution in [0, 0.1) is 0 Å². The molecule has 0 atom stereocenters. The lowest BCUT2D eigenvalue weighted by Crippen LogP contribution is -2.32. The van der Waals surface area contributed by atoms with Crippen LogP contribution in [0.2, 0.25) is 0 Å². The summed E-state index contributed by atoms with van der Waals surface area (Å²) in [7, 11) is -3.72. The molecule has 31 heavy (non-hydrogen) atoms. The van der Waals surface area contributed by atoms with Crippen LogP contribution in [0.3, 0.4) is 0 Å². The van der Waals surface area contributed by atoms with Crippen molar-refractivity contribution in [3.05, 3.63) is 96.1 Å². The third-order valence-corrected chi connectivity index (χ3v) is 7.10. The van der Waals surface area contributed by atoms with Crippen molar-refractivity contribution in [2.24, 2.45) is 0 Å². The predicted octanol–water partition coefficient (Wildman–Crippen LogP) is 4.08. The van der Waals surface area contributed by atoms with Gasteiger partial charge >= 0.3 is 6.09 Å². The number of hydrogen-bond acceptors (Lipinski definition) is 4. The van der Waals surface area contributed by atoms with Crippen molar-refractivity contribution >= 4 is 21.8 Å². The molecule has 1 saturated heterocycles. The van der Waals surface area contributed by atoms with E-state index < -0.39 is 16.1 Å². The Balaban J connectivity index is 1.58. The summed E-state index contributed by atoms with van der Waals surface area (Å²) in [4.78, 5) is 13.5. The molecule has 4 rings (SSSR count). The zero-order chi connectivity index (χ0) is 21.7. The van der Waals surface area contributed by atoms with Gasteiger partial charge in [0.25, 0.3) is 0 Å². The molecule has 0 N–H and O–H groups in total. The van der Waals surface area contributed by atoms with E-state index >= 15 is 0 Å². The maximum atomic E-state index is 13.5. The SMILES string of the molecule is O=C1OCCN1c1ccc(S(=O)(=O)N(CCc2ccccc2)Cc2ccccc2)cc1. The summed E-state index contributed by atoms with van der Waals surface area (Å²) in [6.07, 6.45) is 0.203. The van der Waals surface area contributed by atoms with Crippen LogP contribution in [0.5, 0.6) is 0 Å². The number of rotatable bonds is 8. The second-order valence-corrected chi connectivity index (χ2v) is 9.26. The minimum atomic E-state index is -3.72. The fourth-order valence-electron chi connectivity index (χ4n) is 3.54. The largest absolute Gasteiger partial charge is 0.447 e. The zero-order valence-electron chi connectivity index (χ0n) is 17.1. The van der Waals surface area contributed by atoms with Gasteiger partial charge in [-0.1, -0.05) is 60.7 Å². The number of benzene rings is 3. The van der Waals surface area contributed by atoms with Gasteiger partial charge in [-0.2, -0.15) is 4.31 Å². The van der Waals surface area contributed by atoms with Gasteiger partial charge in [0, 0.05) is 18.8 Å². The fourth-order valence-corrected chi connectivity index (χ4v) is 4.97. The van der Waals surface area contributed by atoms with Crippen molar-refractivity contribution < 1.29 is 17.9 Å². The number of nitrogens with zero attached hydrogens (tertiary/aromatic N) is 2. The molecule has 3 aromatic rings. The Morgan fingerprint density at radius 3 is 2.03 bits per heavy atom. The summed E-state index contributed by atoms with van der Waals surface area (Å²) in [5, 5.41) is 0. The van der Waals surface area contributed by atoms with Crippen molar-refractivity contribution in [1.29, 1.82) is 0 Å². The number of carbonyl (C=O) groups excluding carboxylic acids is 1. The first-order valence-corrected chi connectivity index (χ1v) is 11.6. The third-order valence-electron chi connectivity index (χ3n) is 5.24. The number of amides is 1. The molecular formula is C24H24N2O4S. The van der Waals surface area contributed by atoms with Crippen LogP contribution < -0.4 is 4.90 Å². The molecule has 0 spiro atoms. The summed E-state index contributed by atoms with van der Waals surface area (Å²) >= 11 is 0. The molecule has 0 aromatic heterocycles. The van der Waals surface area contributed by atoms with Gasteiger partial charge < -0.3 is 4.74 Å². The first-order valence-electron chi connectivity index (χ1n) is 10.2. The molecule has 1 aliphatic rings.